The predicted molar refractivity (Wildman–Crippen MR) is 251 cm³/mol. The third kappa shape index (κ3) is 4.61. The Labute approximate surface area is 352 Å². The van der Waals surface area contributed by atoms with E-state index in [0.717, 1.165) is 87.9 Å². The Morgan fingerprint density at radius 1 is 0.339 bits per heavy atom. The summed E-state index contributed by atoms with van der Waals surface area (Å²) in [6.07, 6.45) is 0. The lowest BCUT2D eigenvalue weighted by molar-refractivity contribution is 0.669. The van der Waals surface area contributed by atoms with Crippen LogP contribution in [0.1, 0.15) is 0 Å². The Balaban J connectivity index is 1.09. The van der Waals surface area contributed by atoms with Crippen LogP contribution in [0.15, 0.2) is 197 Å². The van der Waals surface area contributed by atoms with Crippen LogP contribution in [-0.2, 0) is 0 Å². The Morgan fingerprint density at radius 2 is 0.855 bits per heavy atom. The van der Waals surface area contributed by atoms with E-state index in [2.05, 4.69) is 155 Å². The molecule has 0 spiro atoms. The first kappa shape index (κ1) is 33.3. The number of rotatable bonds is 4. The summed E-state index contributed by atoms with van der Waals surface area (Å²) in [7, 11) is 0. The van der Waals surface area contributed by atoms with Gasteiger partial charge >= 0.3 is 0 Å². The van der Waals surface area contributed by atoms with E-state index in [1.54, 1.807) is 0 Å². The number of benzene rings is 9. The van der Waals surface area contributed by atoms with Crippen molar-refractivity contribution in [3.63, 3.8) is 0 Å². The standard InChI is InChI=1S/C55H31N5O2/c1-2-15-33-31-47-42(30-32(33)14-1)36-18-5-8-23-43(36)59(47)46-29-28-41(52-50(46)39-20-7-12-27-49(39)62-52)54-56-53(40-22-13-21-38-37-19-6-11-26-48(37)61-51(38)40)57-55(58-54)60-44-24-9-3-16-34(44)35-17-4-10-25-45(35)60/h1-31H. The maximum atomic E-state index is 6.96. The average molecular weight is 794 g/mol. The van der Waals surface area contributed by atoms with Gasteiger partial charge in [-0.1, -0.05) is 127 Å². The Hall–Kier alpha value is -8.55. The number of para-hydroxylation sites is 6. The molecule has 0 fully saturated rings. The highest BCUT2D eigenvalue weighted by Crippen LogP contribution is 2.44. The SMILES string of the molecule is c1ccc2cc3c(cc2c1)c1ccccc1n3-c1ccc(-c2nc(-c3cccc4c3oc3ccccc34)nc(-n3c4ccccc4c4ccccc43)n2)c2oc3ccccc3c12. The highest BCUT2D eigenvalue weighted by atomic mass is 16.3. The van der Waals surface area contributed by atoms with Crippen molar-refractivity contribution in [2.45, 2.75) is 0 Å². The van der Waals surface area contributed by atoms with E-state index in [0.29, 0.717) is 23.2 Å². The molecular weight excluding hydrogens is 763 g/mol. The molecule has 7 nitrogen and oxygen atoms in total. The monoisotopic (exact) mass is 793 g/mol. The molecule has 0 radical (unpaired) electrons. The molecule has 0 saturated heterocycles. The Kier molecular flexibility index (Phi) is 6.71. The second kappa shape index (κ2) is 12.5. The summed E-state index contributed by atoms with van der Waals surface area (Å²) in [5, 5.41) is 11.0. The van der Waals surface area contributed by atoms with Crippen LogP contribution in [-0.4, -0.2) is 24.1 Å². The molecule has 5 heterocycles. The summed E-state index contributed by atoms with van der Waals surface area (Å²) in [5.41, 5.74) is 9.81. The van der Waals surface area contributed by atoms with Crippen LogP contribution in [0.4, 0.5) is 0 Å². The van der Waals surface area contributed by atoms with Crippen LogP contribution in [0.25, 0.3) is 133 Å². The maximum absolute atomic E-state index is 6.96. The maximum Gasteiger partial charge on any atom is 0.238 e. The number of hydrogen-bond donors (Lipinski definition) is 0. The summed E-state index contributed by atoms with van der Waals surface area (Å²) < 4.78 is 18.1. The topological polar surface area (TPSA) is 74.8 Å². The third-order valence-corrected chi connectivity index (χ3v) is 12.6. The van der Waals surface area contributed by atoms with Gasteiger partial charge in [-0.3, -0.25) is 4.57 Å². The molecule has 0 atom stereocenters. The molecule has 0 bridgehead atoms. The van der Waals surface area contributed by atoms with Crippen molar-refractivity contribution < 1.29 is 8.83 Å². The molecule has 0 N–H and O–H groups in total. The van der Waals surface area contributed by atoms with Gasteiger partial charge in [0.1, 0.15) is 22.3 Å². The number of hydrogen-bond acceptors (Lipinski definition) is 5. The van der Waals surface area contributed by atoms with E-state index in [4.69, 9.17) is 23.8 Å². The average Bonchev–Trinajstić information content (AvgIpc) is 4.08. The minimum absolute atomic E-state index is 0.490. The van der Waals surface area contributed by atoms with E-state index >= 15 is 0 Å². The summed E-state index contributed by atoms with van der Waals surface area (Å²) in [5.74, 6) is 1.49. The van der Waals surface area contributed by atoms with Gasteiger partial charge in [0.05, 0.1) is 44.3 Å². The number of nitrogens with zero attached hydrogens (tertiary/aromatic N) is 5. The van der Waals surface area contributed by atoms with Crippen molar-refractivity contribution in [3.05, 3.63) is 188 Å². The molecule has 9 aromatic carbocycles. The zero-order chi connectivity index (χ0) is 40.5. The first-order valence-corrected chi connectivity index (χ1v) is 20.8. The molecule has 0 amide bonds. The quantitative estimate of drug-likeness (QED) is 0.177. The number of furan rings is 2. The highest BCUT2D eigenvalue weighted by Gasteiger charge is 2.25. The second-order valence-electron chi connectivity index (χ2n) is 15.9. The molecule has 0 aliphatic heterocycles. The molecule has 62 heavy (non-hydrogen) atoms. The lowest BCUT2D eigenvalue weighted by atomic mass is 10.0. The zero-order valence-electron chi connectivity index (χ0n) is 33.0. The van der Waals surface area contributed by atoms with Gasteiger partial charge in [-0.25, -0.2) is 4.98 Å². The first-order chi connectivity index (χ1) is 30.7. The molecule has 0 unspecified atom stereocenters. The van der Waals surface area contributed by atoms with Crippen molar-refractivity contribution in [2.75, 3.05) is 0 Å². The van der Waals surface area contributed by atoms with E-state index in [1.807, 2.05) is 42.5 Å². The van der Waals surface area contributed by atoms with Gasteiger partial charge in [-0.15, -0.1) is 0 Å². The molecule has 7 heteroatoms. The van der Waals surface area contributed by atoms with Crippen molar-refractivity contribution in [1.82, 2.24) is 24.1 Å². The second-order valence-corrected chi connectivity index (χ2v) is 15.9. The van der Waals surface area contributed by atoms with Crippen molar-refractivity contribution in [2.24, 2.45) is 0 Å². The van der Waals surface area contributed by atoms with Gasteiger partial charge < -0.3 is 13.4 Å². The molecule has 14 aromatic rings. The Bertz CT molecular complexity index is 4130. The van der Waals surface area contributed by atoms with Gasteiger partial charge in [0, 0.05) is 37.7 Å². The third-order valence-electron chi connectivity index (χ3n) is 12.6. The van der Waals surface area contributed by atoms with Gasteiger partial charge in [-0.2, -0.15) is 9.97 Å². The normalized spacial score (nSPS) is 12.2. The fourth-order valence-corrected chi connectivity index (χ4v) is 9.85. The summed E-state index contributed by atoms with van der Waals surface area (Å²) in [4.78, 5) is 16.0. The molecule has 5 aromatic heterocycles. The molecular formula is C55H31N5O2. The van der Waals surface area contributed by atoms with Gasteiger partial charge in [-0.05, 0) is 71.4 Å². The Morgan fingerprint density at radius 3 is 1.56 bits per heavy atom. The van der Waals surface area contributed by atoms with Gasteiger partial charge in [0.25, 0.3) is 0 Å². The lowest BCUT2D eigenvalue weighted by Gasteiger charge is -2.13. The molecule has 0 aliphatic carbocycles. The number of aromatic nitrogens is 5. The van der Waals surface area contributed by atoms with E-state index in [9.17, 15) is 0 Å². The largest absolute Gasteiger partial charge is 0.455 e. The van der Waals surface area contributed by atoms with Crippen LogP contribution in [0, 0.1) is 0 Å². The minimum atomic E-state index is 0.490. The van der Waals surface area contributed by atoms with Gasteiger partial charge in [0.2, 0.25) is 5.95 Å². The van der Waals surface area contributed by atoms with Crippen molar-refractivity contribution >= 4 is 98.3 Å². The van der Waals surface area contributed by atoms with Crippen molar-refractivity contribution in [1.29, 1.82) is 0 Å². The van der Waals surface area contributed by atoms with E-state index < -0.39 is 0 Å². The minimum Gasteiger partial charge on any atom is -0.455 e. The summed E-state index contributed by atoms with van der Waals surface area (Å²) in [6.45, 7) is 0. The summed E-state index contributed by atoms with van der Waals surface area (Å²) >= 11 is 0. The highest BCUT2D eigenvalue weighted by molar-refractivity contribution is 6.18. The van der Waals surface area contributed by atoms with Crippen LogP contribution >= 0.6 is 0 Å². The molecule has 0 saturated carbocycles. The van der Waals surface area contributed by atoms with E-state index in [-0.39, 0.29) is 0 Å². The number of fused-ring (bicyclic) bond motifs is 13. The lowest BCUT2D eigenvalue weighted by Crippen LogP contribution is -2.06. The van der Waals surface area contributed by atoms with Crippen molar-refractivity contribution in [3.8, 4) is 34.4 Å². The van der Waals surface area contributed by atoms with E-state index in [1.165, 1.54) is 21.5 Å². The van der Waals surface area contributed by atoms with Crippen LogP contribution in [0.3, 0.4) is 0 Å². The molecule has 0 aliphatic rings. The molecule has 14 rings (SSSR count). The smallest absolute Gasteiger partial charge is 0.238 e. The summed E-state index contributed by atoms with van der Waals surface area (Å²) in [6, 6.07) is 65.5. The fraction of sp³-hybridized carbons (Fsp3) is 0. The van der Waals surface area contributed by atoms with Crippen LogP contribution < -0.4 is 0 Å². The fourth-order valence-electron chi connectivity index (χ4n) is 9.85. The van der Waals surface area contributed by atoms with Crippen LogP contribution in [0.2, 0.25) is 0 Å². The predicted octanol–water partition coefficient (Wildman–Crippen LogP) is 14.4. The molecule has 288 valence electrons. The van der Waals surface area contributed by atoms with Crippen LogP contribution in [0.5, 0.6) is 0 Å². The zero-order valence-corrected chi connectivity index (χ0v) is 33.0. The first-order valence-electron chi connectivity index (χ1n) is 20.8. The van der Waals surface area contributed by atoms with Gasteiger partial charge in [0.15, 0.2) is 11.6 Å².